The van der Waals surface area contributed by atoms with E-state index in [0.717, 1.165) is 26.1 Å². The Morgan fingerprint density at radius 3 is 2.65 bits per heavy atom. The van der Waals surface area contributed by atoms with Gasteiger partial charge in [0, 0.05) is 38.3 Å². The van der Waals surface area contributed by atoms with Crippen LogP contribution in [0.15, 0.2) is 24.3 Å². The number of aryl methyl sites for hydroxylation is 1. The van der Waals surface area contributed by atoms with Crippen LogP contribution in [0.25, 0.3) is 0 Å². The van der Waals surface area contributed by atoms with Gasteiger partial charge in [0.05, 0.1) is 6.61 Å². The molecule has 1 heterocycles. The normalized spacial score (nSPS) is 16.8. The van der Waals surface area contributed by atoms with Crippen molar-refractivity contribution >= 4 is 6.03 Å². The monoisotopic (exact) mass is 320 g/mol. The highest BCUT2D eigenvalue weighted by molar-refractivity contribution is 5.74. The number of nitrogens with one attached hydrogen (secondary N) is 1. The summed E-state index contributed by atoms with van der Waals surface area (Å²) in [5, 5.41) is 12.1. The molecule has 0 aliphatic carbocycles. The average Bonchev–Trinajstić information content (AvgIpc) is 2.59. The zero-order chi connectivity index (χ0) is 16.7. The third kappa shape index (κ3) is 4.24. The molecule has 2 amide bonds. The number of likely N-dealkylation sites (N-methyl/N-ethyl adjacent to an activating group) is 1. The average molecular weight is 320 g/mol. The van der Waals surface area contributed by atoms with Gasteiger partial charge in [0.1, 0.15) is 0 Å². The summed E-state index contributed by atoms with van der Waals surface area (Å²) in [4.78, 5) is 14.0. The van der Waals surface area contributed by atoms with Gasteiger partial charge < -0.3 is 20.1 Å². The number of aliphatic hydroxyl groups excluding tert-OH is 1. The predicted octanol–water partition coefficient (Wildman–Crippen LogP) is 2.07. The number of carbonyl (C=O) groups excluding carboxylic acids is 1. The molecule has 1 aliphatic rings. The Morgan fingerprint density at radius 2 is 2.04 bits per heavy atom. The van der Waals surface area contributed by atoms with Crippen molar-refractivity contribution in [1.82, 2.24) is 10.2 Å². The summed E-state index contributed by atoms with van der Waals surface area (Å²) in [6.45, 7) is 7.02. The van der Waals surface area contributed by atoms with Crippen molar-refractivity contribution in [2.24, 2.45) is 0 Å². The molecule has 1 aromatic carbocycles. The molecule has 0 aromatic heterocycles. The second kappa shape index (κ2) is 8.31. The van der Waals surface area contributed by atoms with Gasteiger partial charge in [0.2, 0.25) is 0 Å². The Labute approximate surface area is 138 Å². The minimum Gasteiger partial charge on any atom is -0.395 e. The molecular formula is C18H28N2O3. The molecule has 2 rings (SSSR count). The summed E-state index contributed by atoms with van der Waals surface area (Å²) in [6, 6.07) is 8.29. The Bertz CT molecular complexity index is 513. The van der Waals surface area contributed by atoms with Crippen LogP contribution in [0, 0.1) is 6.92 Å². The molecule has 1 aliphatic heterocycles. The Kier molecular flexibility index (Phi) is 6.42. The highest BCUT2D eigenvalue weighted by Gasteiger charge is 2.36. The molecule has 128 valence electrons. The van der Waals surface area contributed by atoms with E-state index in [1.807, 2.05) is 13.0 Å². The fourth-order valence-electron chi connectivity index (χ4n) is 3.35. The van der Waals surface area contributed by atoms with Crippen LogP contribution in [-0.2, 0) is 10.2 Å². The lowest BCUT2D eigenvalue weighted by Gasteiger charge is -2.39. The molecule has 1 aromatic rings. The summed E-state index contributed by atoms with van der Waals surface area (Å²) < 4.78 is 5.54. The van der Waals surface area contributed by atoms with Crippen LogP contribution < -0.4 is 5.32 Å². The number of ether oxygens (including phenoxy) is 1. The van der Waals surface area contributed by atoms with Gasteiger partial charge in [-0.15, -0.1) is 0 Å². The highest BCUT2D eigenvalue weighted by atomic mass is 16.5. The van der Waals surface area contributed by atoms with Crippen molar-refractivity contribution in [2.75, 3.05) is 39.5 Å². The van der Waals surface area contributed by atoms with Crippen LogP contribution in [0.3, 0.4) is 0 Å². The Balaban J connectivity index is 2.14. The molecule has 1 saturated heterocycles. The van der Waals surface area contributed by atoms with E-state index < -0.39 is 0 Å². The molecule has 5 nitrogen and oxygen atoms in total. The van der Waals surface area contributed by atoms with Crippen molar-refractivity contribution in [1.29, 1.82) is 0 Å². The minimum atomic E-state index is -0.110. The van der Waals surface area contributed by atoms with Crippen molar-refractivity contribution in [3.05, 3.63) is 35.4 Å². The number of carbonyl (C=O) groups is 1. The second-order valence-electron chi connectivity index (χ2n) is 6.17. The predicted molar refractivity (Wildman–Crippen MR) is 90.6 cm³/mol. The molecule has 2 N–H and O–H groups in total. The highest BCUT2D eigenvalue weighted by Crippen LogP contribution is 2.36. The quantitative estimate of drug-likeness (QED) is 0.843. The fraction of sp³-hybridized carbons (Fsp3) is 0.611. The summed E-state index contributed by atoms with van der Waals surface area (Å²) in [6.07, 6.45) is 1.81. The molecule has 0 radical (unpaired) electrons. The third-order valence-corrected chi connectivity index (χ3v) is 4.78. The van der Waals surface area contributed by atoms with Gasteiger partial charge in [0.15, 0.2) is 0 Å². The summed E-state index contributed by atoms with van der Waals surface area (Å²) >= 11 is 0. The van der Waals surface area contributed by atoms with Gasteiger partial charge in [0.25, 0.3) is 0 Å². The molecule has 0 spiro atoms. The molecule has 0 bridgehead atoms. The minimum absolute atomic E-state index is 0.0158. The zero-order valence-corrected chi connectivity index (χ0v) is 14.2. The second-order valence-corrected chi connectivity index (χ2v) is 6.17. The maximum atomic E-state index is 12.3. The van der Waals surface area contributed by atoms with Crippen LogP contribution in [0.4, 0.5) is 4.79 Å². The molecule has 5 heteroatoms. The van der Waals surface area contributed by atoms with E-state index >= 15 is 0 Å². The van der Waals surface area contributed by atoms with Gasteiger partial charge in [-0.25, -0.2) is 4.79 Å². The van der Waals surface area contributed by atoms with E-state index in [-0.39, 0.29) is 18.1 Å². The summed E-state index contributed by atoms with van der Waals surface area (Å²) in [7, 11) is 0. The van der Waals surface area contributed by atoms with Gasteiger partial charge in [-0.2, -0.15) is 0 Å². The first-order chi connectivity index (χ1) is 11.1. The van der Waals surface area contributed by atoms with E-state index in [0.29, 0.717) is 19.6 Å². The number of nitrogens with zero attached hydrogens (tertiary/aromatic N) is 1. The van der Waals surface area contributed by atoms with E-state index in [9.17, 15) is 4.79 Å². The zero-order valence-electron chi connectivity index (χ0n) is 14.2. The van der Waals surface area contributed by atoms with E-state index in [1.165, 1.54) is 11.1 Å². The standard InChI is InChI=1S/C18H28N2O3/c1-3-20(10-11-21)17(22)19-14-18(8-12-23-13-9-18)16-7-5-4-6-15(16)2/h4-7,21H,3,8-14H2,1-2H3,(H,19,22). The van der Waals surface area contributed by atoms with Crippen LogP contribution >= 0.6 is 0 Å². The lowest BCUT2D eigenvalue weighted by atomic mass is 9.72. The number of rotatable bonds is 6. The van der Waals surface area contributed by atoms with Crippen LogP contribution in [0.1, 0.15) is 30.9 Å². The van der Waals surface area contributed by atoms with Crippen LogP contribution in [0.2, 0.25) is 0 Å². The van der Waals surface area contributed by atoms with Gasteiger partial charge in [-0.3, -0.25) is 0 Å². The Hall–Kier alpha value is -1.59. The number of urea groups is 1. The fourth-order valence-corrected chi connectivity index (χ4v) is 3.35. The number of hydrogen-bond acceptors (Lipinski definition) is 3. The van der Waals surface area contributed by atoms with Crippen LogP contribution in [-0.4, -0.2) is 55.5 Å². The molecule has 0 unspecified atom stereocenters. The van der Waals surface area contributed by atoms with Crippen molar-refractivity contribution in [3.63, 3.8) is 0 Å². The molecule has 23 heavy (non-hydrogen) atoms. The molecule has 0 atom stereocenters. The maximum absolute atomic E-state index is 12.3. The number of aliphatic hydroxyl groups is 1. The summed E-state index contributed by atoms with van der Waals surface area (Å²) in [5.74, 6) is 0. The van der Waals surface area contributed by atoms with E-state index in [4.69, 9.17) is 9.84 Å². The Morgan fingerprint density at radius 1 is 1.35 bits per heavy atom. The first-order valence-corrected chi connectivity index (χ1v) is 8.40. The van der Waals surface area contributed by atoms with Crippen LogP contribution in [0.5, 0.6) is 0 Å². The third-order valence-electron chi connectivity index (χ3n) is 4.78. The molecular weight excluding hydrogens is 292 g/mol. The topological polar surface area (TPSA) is 61.8 Å². The number of amides is 2. The molecule has 1 fully saturated rings. The van der Waals surface area contributed by atoms with E-state index in [2.05, 4.69) is 30.4 Å². The maximum Gasteiger partial charge on any atom is 0.317 e. The van der Waals surface area contributed by atoms with Gasteiger partial charge in [-0.05, 0) is 37.8 Å². The first-order valence-electron chi connectivity index (χ1n) is 8.40. The van der Waals surface area contributed by atoms with Crippen molar-refractivity contribution in [2.45, 2.75) is 32.1 Å². The number of benzene rings is 1. The van der Waals surface area contributed by atoms with Gasteiger partial charge >= 0.3 is 6.03 Å². The lowest BCUT2D eigenvalue weighted by molar-refractivity contribution is 0.0498. The molecule has 0 saturated carbocycles. The van der Waals surface area contributed by atoms with Gasteiger partial charge in [-0.1, -0.05) is 24.3 Å². The largest absolute Gasteiger partial charge is 0.395 e. The van der Waals surface area contributed by atoms with Crippen molar-refractivity contribution in [3.8, 4) is 0 Å². The smallest absolute Gasteiger partial charge is 0.317 e. The van der Waals surface area contributed by atoms with E-state index in [1.54, 1.807) is 4.90 Å². The number of hydrogen-bond donors (Lipinski definition) is 2. The SMILES string of the molecule is CCN(CCO)C(=O)NCC1(c2ccccc2C)CCOCC1. The summed E-state index contributed by atoms with van der Waals surface area (Å²) in [5.41, 5.74) is 2.48. The van der Waals surface area contributed by atoms with Crippen molar-refractivity contribution < 1.29 is 14.6 Å². The first kappa shape index (κ1) is 17.8. The lowest BCUT2D eigenvalue weighted by Crippen LogP contribution is -2.49.